The van der Waals surface area contributed by atoms with Gasteiger partial charge in [0.2, 0.25) is 5.60 Å². The number of aliphatic hydroxyl groups is 1. The lowest BCUT2D eigenvalue weighted by Gasteiger charge is -2.30. The molecule has 5 nitrogen and oxygen atoms in total. The second-order valence-corrected chi connectivity index (χ2v) is 5.49. The van der Waals surface area contributed by atoms with Gasteiger partial charge in [-0.3, -0.25) is 4.79 Å². The minimum Gasteiger partial charge on any atom is -0.474 e. The van der Waals surface area contributed by atoms with Crippen LogP contribution in [0.3, 0.4) is 0 Å². The second-order valence-electron chi connectivity index (χ2n) is 4.58. The van der Waals surface area contributed by atoms with E-state index in [0.29, 0.717) is 24.2 Å². The van der Waals surface area contributed by atoms with Crippen molar-refractivity contribution in [1.29, 1.82) is 0 Å². The summed E-state index contributed by atoms with van der Waals surface area (Å²) in [5.41, 5.74) is 8.41. The van der Waals surface area contributed by atoms with Gasteiger partial charge in [-0.2, -0.15) is 4.79 Å². The van der Waals surface area contributed by atoms with Gasteiger partial charge in [0.25, 0.3) is 5.78 Å². The number of carbonyl (C=O) groups is 1. The van der Waals surface area contributed by atoms with Crippen LogP contribution in [0.5, 0.6) is 5.75 Å². The molecule has 0 saturated carbocycles. The third kappa shape index (κ3) is 2.47. The van der Waals surface area contributed by atoms with E-state index in [-0.39, 0.29) is 18.1 Å². The molecule has 1 unspecified atom stereocenters. The fraction of sp³-hybridized carbons (Fsp3) is 0.385. The van der Waals surface area contributed by atoms with Gasteiger partial charge in [-0.05, 0) is 31.5 Å². The quantitative estimate of drug-likeness (QED) is 0.683. The van der Waals surface area contributed by atoms with Gasteiger partial charge in [-0.1, -0.05) is 15.9 Å². The molecule has 1 aliphatic heterocycles. The summed E-state index contributed by atoms with van der Waals surface area (Å²) in [6.45, 7) is 1.67. The first-order valence-corrected chi connectivity index (χ1v) is 6.68. The van der Waals surface area contributed by atoms with Crippen LogP contribution in [0.4, 0.5) is 0 Å². The van der Waals surface area contributed by atoms with E-state index in [1.165, 1.54) is 0 Å². The van der Waals surface area contributed by atoms with Gasteiger partial charge >= 0.3 is 5.71 Å². The number of rotatable bonds is 3. The molecule has 6 heteroatoms. The van der Waals surface area contributed by atoms with E-state index >= 15 is 0 Å². The second kappa shape index (κ2) is 5.25. The summed E-state index contributed by atoms with van der Waals surface area (Å²) in [6.07, 6.45) is 0.846. The predicted molar refractivity (Wildman–Crippen MR) is 72.5 cm³/mol. The normalized spacial score (nSPS) is 21.6. The SMILES string of the molecule is CC1(CCCO)Oc2ccc(Br)cc2C(=O)C1=[N+]=[N-]. The van der Waals surface area contributed by atoms with Gasteiger partial charge in [0.05, 0.1) is 5.56 Å². The number of hydrogen-bond donors (Lipinski definition) is 1. The maximum absolute atomic E-state index is 12.3. The summed E-state index contributed by atoms with van der Waals surface area (Å²) in [6, 6.07) is 5.11. The number of ketones is 1. The Bertz CT molecular complexity index is 581. The highest BCUT2D eigenvalue weighted by molar-refractivity contribution is 9.10. The Hall–Kier alpha value is -1.49. The average Bonchev–Trinajstić information content (AvgIpc) is 2.38. The zero-order valence-electron chi connectivity index (χ0n) is 10.4. The molecular weight excluding hydrogens is 312 g/mol. The highest BCUT2D eigenvalue weighted by Gasteiger charge is 2.49. The Kier molecular flexibility index (Phi) is 3.85. The van der Waals surface area contributed by atoms with E-state index < -0.39 is 5.60 Å². The number of fused-ring (bicyclic) bond motifs is 1. The Labute approximate surface area is 118 Å². The maximum Gasteiger partial charge on any atom is 0.382 e. The lowest BCUT2D eigenvalue weighted by atomic mass is 9.86. The number of nitrogens with zero attached hydrogens (tertiary/aromatic N) is 2. The standard InChI is InChI=1S/C13H13BrN2O3/c1-13(5-2-6-17)12(16-15)11(18)9-7-8(14)3-4-10(9)19-13/h3-4,7,17H,2,5-6H2,1H3. The summed E-state index contributed by atoms with van der Waals surface area (Å²) in [4.78, 5) is 15.4. The molecule has 19 heavy (non-hydrogen) atoms. The number of Topliss-reactive ketones (excluding diaryl/α,β-unsaturated/α-hetero) is 1. The Morgan fingerprint density at radius 2 is 2.26 bits per heavy atom. The molecule has 0 radical (unpaired) electrons. The Morgan fingerprint density at radius 3 is 2.89 bits per heavy atom. The van der Waals surface area contributed by atoms with Crippen molar-refractivity contribution in [2.75, 3.05) is 6.61 Å². The molecule has 1 aliphatic rings. The lowest BCUT2D eigenvalue weighted by Crippen LogP contribution is -2.49. The van der Waals surface area contributed by atoms with Gasteiger partial charge in [0.15, 0.2) is 0 Å². The van der Waals surface area contributed by atoms with Crippen LogP contribution in [0.2, 0.25) is 0 Å². The highest BCUT2D eigenvalue weighted by atomic mass is 79.9. The molecule has 2 rings (SSSR count). The fourth-order valence-electron chi connectivity index (χ4n) is 2.16. The van der Waals surface area contributed by atoms with Crippen LogP contribution in [-0.4, -0.2) is 33.6 Å². The van der Waals surface area contributed by atoms with Gasteiger partial charge in [-0.15, -0.1) is 0 Å². The highest BCUT2D eigenvalue weighted by Crippen LogP contribution is 2.35. The molecule has 0 saturated heterocycles. The van der Waals surface area contributed by atoms with Crippen LogP contribution in [-0.2, 0) is 0 Å². The summed E-state index contributed by atoms with van der Waals surface area (Å²) in [5, 5.41) is 8.92. The average molecular weight is 325 g/mol. The maximum atomic E-state index is 12.3. The summed E-state index contributed by atoms with van der Waals surface area (Å²) in [7, 11) is 0. The molecule has 0 aliphatic carbocycles. The van der Waals surface area contributed by atoms with Gasteiger partial charge in [0.1, 0.15) is 5.75 Å². The van der Waals surface area contributed by atoms with Crippen molar-refractivity contribution in [2.24, 2.45) is 0 Å². The van der Waals surface area contributed by atoms with Crippen molar-refractivity contribution in [3.8, 4) is 5.75 Å². The molecular formula is C13H13BrN2O3. The largest absolute Gasteiger partial charge is 0.474 e. The van der Waals surface area contributed by atoms with E-state index in [1.807, 2.05) is 0 Å². The Balaban J connectivity index is 2.50. The molecule has 1 atom stereocenters. The predicted octanol–water partition coefficient (Wildman–Crippen LogP) is 2.23. The third-order valence-corrected chi connectivity index (χ3v) is 3.64. The Morgan fingerprint density at radius 1 is 1.53 bits per heavy atom. The van der Waals surface area contributed by atoms with Crippen molar-refractivity contribution < 1.29 is 19.4 Å². The van der Waals surface area contributed by atoms with Crippen molar-refractivity contribution >= 4 is 27.4 Å². The molecule has 1 heterocycles. The van der Waals surface area contributed by atoms with Crippen LogP contribution < -0.4 is 4.74 Å². The fourth-order valence-corrected chi connectivity index (χ4v) is 2.53. The number of halogens is 1. The molecule has 100 valence electrons. The van der Waals surface area contributed by atoms with Crippen molar-refractivity contribution in [3.63, 3.8) is 0 Å². The van der Waals surface area contributed by atoms with Crippen LogP contribution in [0.25, 0.3) is 5.53 Å². The summed E-state index contributed by atoms with van der Waals surface area (Å²) < 4.78 is 6.56. The van der Waals surface area contributed by atoms with Crippen molar-refractivity contribution in [2.45, 2.75) is 25.4 Å². The smallest absolute Gasteiger partial charge is 0.382 e. The van der Waals surface area contributed by atoms with Gasteiger partial charge < -0.3 is 15.4 Å². The summed E-state index contributed by atoms with van der Waals surface area (Å²) >= 11 is 3.29. The van der Waals surface area contributed by atoms with Crippen LogP contribution in [0.15, 0.2) is 22.7 Å². The molecule has 1 N–H and O–H groups in total. The topological polar surface area (TPSA) is 82.9 Å². The minimum absolute atomic E-state index is 0.0148. The number of hydrogen-bond acceptors (Lipinski definition) is 3. The summed E-state index contributed by atoms with van der Waals surface area (Å²) in [5.74, 6) is 0.103. The molecule has 0 aromatic heterocycles. The van der Waals surface area contributed by atoms with Gasteiger partial charge in [0, 0.05) is 17.5 Å². The molecule has 0 spiro atoms. The molecule has 1 aromatic carbocycles. The van der Waals surface area contributed by atoms with Crippen molar-refractivity contribution in [1.82, 2.24) is 0 Å². The number of benzene rings is 1. The van der Waals surface area contributed by atoms with Gasteiger partial charge in [-0.25, -0.2) is 0 Å². The van der Waals surface area contributed by atoms with Crippen LogP contribution >= 0.6 is 15.9 Å². The van der Waals surface area contributed by atoms with E-state index in [0.717, 1.165) is 4.47 Å². The van der Waals surface area contributed by atoms with Crippen LogP contribution in [0.1, 0.15) is 30.1 Å². The zero-order valence-corrected chi connectivity index (χ0v) is 12.0. The molecule has 0 fully saturated rings. The van der Waals surface area contributed by atoms with E-state index in [4.69, 9.17) is 15.4 Å². The first kappa shape index (κ1) is 13.9. The first-order valence-electron chi connectivity index (χ1n) is 5.88. The first-order chi connectivity index (χ1) is 9.01. The molecule has 0 amide bonds. The minimum atomic E-state index is -1.02. The molecule has 0 bridgehead atoms. The molecule has 1 aromatic rings. The van der Waals surface area contributed by atoms with Crippen LogP contribution in [0, 0.1) is 0 Å². The van der Waals surface area contributed by atoms with E-state index in [9.17, 15) is 4.79 Å². The lowest BCUT2D eigenvalue weighted by molar-refractivity contribution is -0.0355. The van der Waals surface area contributed by atoms with E-state index in [1.54, 1.807) is 25.1 Å². The van der Waals surface area contributed by atoms with Crippen molar-refractivity contribution in [3.05, 3.63) is 33.8 Å². The third-order valence-electron chi connectivity index (χ3n) is 3.15. The van der Waals surface area contributed by atoms with E-state index in [2.05, 4.69) is 20.7 Å². The number of ether oxygens (including phenoxy) is 1. The number of aliphatic hydroxyl groups excluding tert-OH is 1. The monoisotopic (exact) mass is 324 g/mol. The zero-order chi connectivity index (χ0) is 14.0. The number of carbonyl (C=O) groups excluding carboxylic acids is 1.